The Bertz CT molecular complexity index is 2440. The standard InChI is InChI=1S/2C33H43N3.2Fe.2H3N/c2*1-20(2)26-14-11-15-27(21(3)4)32(26)34-24(9)30-18-13-19-31(36-30)25(10)35-33-28(22(5)6)16-12-17-29(33)23(7)8;;;;/h2*11-23H,1-10H3;;;2*1H3. The summed E-state index contributed by atoms with van der Waals surface area (Å²) < 4.78 is 0. The molecule has 0 aliphatic rings. The van der Waals surface area contributed by atoms with Gasteiger partial charge in [0, 0.05) is 34.1 Å². The van der Waals surface area contributed by atoms with Crippen molar-refractivity contribution in [3.05, 3.63) is 176 Å². The van der Waals surface area contributed by atoms with Gasteiger partial charge in [-0.05, 0) is 144 Å². The van der Waals surface area contributed by atoms with Crippen molar-refractivity contribution in [3.63, 3.8) is 0 Å². The second kappa shape index (κ2) is 31.3. The third-order valence-corrected chi connectivity index (χ3v) is 13.5. The molecule has 6 rings (SSSR count). The van der Waals surface area contributed by atoms with Gasteiger partial charge < -0.3 is 12.3 Å². The summed E-state index contributed by atoms with van der Waals surface area (Å²) in [5.41, 5.74) is 21.8. The molecule has 412 valence electrons. The fraction of sp³-hybridized carbons (Fsp3) is 0.424. The van der Waals surface area contributed by atoms with E-state index in [0.29, 0.717) is 47.3 Å². The van der Waals surface area contributed by atoms with Crippen molar-refractivity contribution < 1.29 is 34.1 Å². The molecule has 0 radical (unpaired) electrons. The largest absolute Gasteiger partial charge is 0.344 e. The normalized spacial score (nSPS) is 12.3. The zero-order chi connectivity index (χ0) is 53.1. The summed E-state index contributed by atoms with van der Waals surface area (Å²) >= 11 is 0. The van der Waals surface area contributed by atoms with E-state index in [4.69, 9.17) is 29.9 Å². The van der Waals surface area contributed by atoms with E-state index in [0.717, 1.165) is 68.4 Å². The second-order valence-corrected chi connectivity index (χ2v) is 22.0. The van der Waals surface area contributed by atoms with Crippen LogP contribution in [0.15, 0.2) is 129 Å². The first-order valence-corrected chi connectivity index (χ1v) is 26.7. The van der Waals surface area contributed by atoms with E-state index >= 15 is 0 Å². The Balaban J connectivity index is 0.000000722. The van der Waals surface area contributed by atoms with Crippen molar-refractivity contribution in [2.45, 2.75) is 186 Å². The van der Waals surface area contributed by atoms with Crippen molar-refractivity contribution in [1.82, 2.24) is 22.3 Å². The summed E-state index contributed by atoms with van der Waals surface area (Å²) in [5, 5.41) is 0. The van der Waals surface area contributed by atoms with E-state index in [9.17, 15) is 0 Å². The molecule has 0 saturated heterocycles. The smallest absolute Gasteiger partial charge is 0.0849 e. The molecule has 0 aliphatic carbocycles. The summed E-state index contributed by atoms with van der Waals surface area (Å²) in [6, 6.07) is 38.5. The zero-order valence-electron chi connectivity index (χ0n) is 49.8. The number of rotatable bonds is 16. The molecule has 0 spiro atoms. The molecule has 4 aromatic carbocycles. The van der Waals surface area contributed by atoms with Crippen LogP contribution in [0.25, 0.3) is 0 Å². The average Bonchev–Trinajstić information content (AvgIpc) is 3.33. The van der Waals surface area contributed by atoms with Gasteiger partial charge in [-0.25, -0.2) is 9.97 Å². The topological polar surface area (TPSA) is 145 Å². The van der Waals surface area contributed by atoms with E-state index in [1.807, 2.05) is 24.3 Å². The van der Waals surface area contributed by atoms with Gasteiger partial charge in [-0.15, -0.1) is 0 Å². The molecule has 2 heterocycles. The van der Waals surface area contributed by atoms with Crippen LogP contribution in [0.4, 0.5) is 22.7 Å². The van der Waals surface area contributed by atoms with E-state index in [2.05, 4.69) is 223 Å². The maximum Gasteiger partial charge on any atom is 0.0849 e. The van der Waals surface area contributed by atoms with E-state index in [-0.39, 0.29) is 46.4 Å². The monoisotopic (exact) mass is 1110 g/mol. The minimum absolute atomic E-state index is 0. The average molecular weight is 1110 g/mol. The van der Waals surface area contributed by atoms with Crippen LogP contribution >= 0.6 is 0 Å². The fourth-order valence-corrected chi connectivity index (χ4v) is 9.14. The minimum atomic E-state index is 0. The van der Waals surface area contributed by atoms with Crippen LogP contribution in [-0.2, 0) is 34.1 Å². The Morgan fingerprint density at radius 1 is 0.263 bits per heavy atom. The second-order valence-electron chi connectivity index (χ2n) is 22.0. The maximum absolute atomic E-state index is 5.15. The van der Waals surface area contributed by atoms with Crippen LogP contribution in [0.5, 0.6) is 0 Å². The van der Waals surface area contributed by atoms with Crippen molar-refractivity contribution >= 4 is 45.6 Å². The number of pyridine rings is 2. The zero-order valence-corrected chi connectivity index (χ0v) is 52.0. The Morgan fingerprint density at radius 2 is 0.395 bits per heavy atom. The van der Waals surface area contributed by atoms with E-state index < -0.39 is 0 Å². The third kappa shape index (κ3) is 17.4. The molecular weight excluding hydrogens is 1020 g/mol. The molecule has 0 saturated carbocycles. The Kier molecular flexibility index (Phi) is 28.3. The van der Waals surface area contributed by atoms with Crippen molar-refractivity contribution in [2.24, 2.45) is 20.0 Å². The Labute approximate surface area is 481 Å². The van der Waals surface area contributed by atoms with Gasteiger partial charge in [0.25, 0.3) is 0 Å². The fourth-order valence-electron chi connectivity index (χ4n) is 9.14. The number of hydrogen-bond acceptors (Lipinski definition) is 8. The van der Waals surface area contributed by atoms with Crippen molar-refractivity contribution in [2.75, 3.05) is 0 Å². The van der Waals surface area contributed by atoms with Crippen LogP contribution in [0.1, 0.15) is 253 Å². The first-order chi connectivity index (χ1) is 34.0. The molecule has 0 fully saturated rings. The number of nitrogens with zero attached hydrogens (tertiary/aromatic N) is 6. The molecule has 0 aliphatic heterocycles. The summed E-state index contributed by atoms with van der Waals surface area (Å²) in [4.78, 5) is 30.6. The number of hydrogen-bond donors (Lipinski definition) is 2. The predicted octanol–water partition coefficient (Wildman–Crippen LogP) is 20.0. The molecule has 0 bridgehead atoms. The van der Waals surface area contributed by atoms with Gasteiger partial charge in [-0.1, -0.05) is 196 Å². The first-order valence-electron chi connectivity index (χ1n) is 26.7. The van der Waals surface area contributed by atoms with Gasteiger partial charge in [0.1, 0.15) is 0 Å². The summed E-state index contributed by atoms with van der Waals surface area (Å²) in [5.74, 6) is 3.22. The number of aromatic nitrogens is 2. The molecule has 0 unspecified atom stereocenters. The van der Waals surface area contributed by atoms with Gasteiger partial charge in [-0.3, -0.25) is 20.0 Å². The Hall–Kier alpha value is -5.18. The SMILES string of the molecule is CC(=Nc1c(C(C)C)cccc1C(C)C)c1cccc(C(C)=Nc2c(C(C)C)cccc2C(C)C)n1.CC(=Nc1c(C(C)C)cccc1C(C)C)c1cccc(C(C)=Nc2c(C(C)C)cccc2C(C)C)n1.N.N.[Fe].[Fe]. The molecule has 2 aromatic heterocycles. The molecular formula is C66H92Fe2N8. The molecule has 76 heavy (non-hydrogen) atoms. The van der Waals surface area contributed by atoms with Gasteiger partial charge in [0.15, 0.2) is 0 Å². The van der Waals surface area contributed by atoms with Crippen LogP contribution in [-0.4, -0.2) is 32.8 Å². The molecule has 6 aromatic rings. The number of aliphatic imine (C=N–C) groups is 4. The van der Waals surface area contributed by atoms with Crippen LogP contribution in [0.2, 0.25) is 0 Å². The van der Waals surface area contributed by atoms with Crippen molar-refractivity contribution in [3.8, 4) is 0 Å². The number of para-hydroxylation sites is 4. The number of benzene rings is 4. The summed E-state index contributed by atoms with van der Waals surface area (Å²) in [7, 11) is 0. The molecule has 8 nitrogen and oxygen atoms in total. The van der Waals surface area contributed by atoms with Gasteiger partial charge >= 0.3 is 0 Å². The van der Waals surface area contributed by atoms with Gasteiger partial charge in [-0.2, -0.15) is 0 Å². The van der Waals surface area contributed by atoms with Crippen LogP contribution in [0, 0.1) is 0 Å². The minimum Gasteiger partial charge on any atom is -0.344 e. The Morgan fingerprint density at radius 3 is 0.526 bits per heavy atom. The molecule has 0 atom stereocenters. The first kappa shape index (κ1) is 68.8. The van der Waals surface area contributed by atoms with E-state index in [1.54, 1.807) is 0 Å². The van der Waals surface area contributed by atoms with Gasteiger partial charge in [0.05, 0.1) is 68.4 Å². The van der Waals surface area contributed by atoms with Gasteiger partial charge in [0.2, 0.25) is 0 Å². The quantitative estimate of drug-likeness (QED) is 0.0734. The van der Waals surface area contributed by atoms with Crippen LogP contribution < -0.4 is 12.3 Å². The van der Waals surface area contributed by atoms with Crippen LogP contribution in [0.3, 0.4) is 0 Å². The molecule has 10 heteroatoms. The predicted molar refractivity (Wildman–Crippen MR) is 324 cm³/mol. The third-order valence-electron chi connectivity index (χ3n) is 13.5. The molecule has 6 N–H and O–H groups in total. The maximum atomic E-state index is 5.15. The summed E-state index contributed by atoms with van der Waals surface area (Å²) in [6.07, 6.45) is 0. The molecule has 0 amide bonds. The van der Waals surface area contributed by atoms with Crippen molar-refractivity contribution in [1.29, 1.82) is 0 Å². The summed E-state index contributed by atoms with van der Waals surface area (Å²) in [6.45, 7) is 43.9. The van der Waals surface area contributed by atoms with E-state index in [1.165, 1.54) is 44.5 Å².